The van der Waals surface area contributed by atoms with Crippen molar-refractivity contribution in [2.45, 2.75) is 110 Å². The molecule has 1 amide bonds. The lowest BCUT2D eigenvalue weighted by Crippen LogP contribution is -2.16. The lowest BCUT2D eigenvalue weighted by Gasteiger charge is -2.12. The molecule has 0 aromatic heterocycles. The van der Waals surface area contributed by atoms with E-state index in [1.54, 1.807) is 6.21 Å². The number of rotatable bonds is 21. The van der Waals surface area contributed by atoms with Crippen molar-refractivity contribution >= 4 is 23.7 Å². The molecule has 0 aliphatic rings. The molecule has 0 fully saturated rings. The Morgan fingerprint density at radius 3 is 2.00 bits per heavy atom. The highest BCUT2D eigenvalue weighted by Crippen LogP contribution is 2.29. The van der Waals surface area contributed by atoms with Crippen molar-refractivity contribution in [1.29, 1.82) is 0 Å². The number of benzene rings is 2. The van der Waals surface area contributed by atoms with Gasteiger partial charge in [-0.15, -0.1) is 0 Å². The first-order valence-corrected chi connectivity index (χ1v) is 15.0. The van der Waals surface area contributed by atoms with Gasteiger partial charge in [-0.1, -0.05) is 108 Å². The molecule has 0 aliphatic carbocycles. The smallest absolute Gasteiger partial charge is 0.240 e. The van der Waals surface area contributed by atoms with Crippen molar-refractivity contribution in [2.24, 2.45) is 5.10 Å². The minimum absolute atomic E-state index is 0.0442. The summed E-state index contributed by atoms with van der Waals surface area (Å²) < 4.78 is 11.7. The Bertz CT molecular complexity index is 931. The van der Waals surface area contributed by atoms with Gasteiger partial charge in [0.1, 0.15) is 6.61 Å². The second kappa shape index (κ2) is 20.4. The van der Waals surface area contributed by atoms with Gasteiger partial charge in [0.25, 0.3) is 0 Å². The van der Waals surface area contributed by atoms with Gasteiger partial charge in [-0.2, -0.15) is 5.10 Å². The van der Waals surface area contributed by atoms with Crippen LogP contribution in [0.2, 0.25) is 5.02 Å². The highest BCUT2D eigenvalue weighted by molar-refractivity contribution is 6.30. The number of hydrogen-bond acceptors (Lipinski definition) is 4. The van der Waals surface area contributed by atoms with Crippen LogP contribution in [0, 0.1) is 0 Å². The lowest BCUT2D eigenvalue weighted by molar-refractivity contribution is -0.121. The molecule has 0 unspecified atom stereocenters. The molecule has 5 nitrogen and oxygen atoms in total. The normalized spacial score (nSPS) is 11.1. The van der Waals surface area contributed by atoms with Gasteiger partial charge in [0, 0.05) is 11.4 Å². The number of nitrogens with one attached hydrogen (secondary N) is 1. The summed E-state index contributed by atoms with van der Waals surface area (Å²) in [5.41, 5.74) is 4.49. The Kier molecular flexibility index (Phi) is 17.0. The third kappa shape index (κ3) is 14.4. The van der Waals surface area contributed by atoms with E-state index >= 15 is 0 Å². The van der Waals surface area contributed by atoms with E-state index in [-0.39, 0.29) is 5.91 Å². The first kappa shape index (κ1) is 31.7. The molecule has 0 radical (unpaired) electrons. The first-order chi connectivity index (χ1) is 18.6. The third-order valence-corrected chi connectivity index (χ3v) is 6.74. The molecular weight excluding hydrogens is 496 g/mol. The minimum atomic E-state index is -0.0442. The van der Waals surface area contributed by atoms with Crippen LogP contribution in [0.5, 0.6) is 11.5 Å². The van der Waals surface area contributed by atoms with E-state index in [0.29, 0.717) is 36.2 Å². The van der Waals surface area contributed by atoms with Crippen LogP contribution < -0.4 is 14.9 Å². The van der Waals surface area contributed by atoms with Crippen LogP contribution in [-0.4, -0.2) is 18.7 Å². The molecule has 0 saturated heterocycles. The number of amides is 1. The lowest BCUT2D eigenvalue weighted by atomic mass is 10.0. The van der Waals surface area contributed by atoms with Gasteiger partial charge in [0.15, 0.2) is 11.5 Å². The highest BCUT2D eigenvalue weighted by atomic mass is 35.5. The van der Waals surface area contributed by atoms with Gasteiger partial charge in [-0.25, -0.2) is 5.43 Å². The van der Waals surface area contributed by atoms with Crippen LogP contribution in [0.1, 0.15) is 115 Å². The molecule has 210 valence electrons. The van der Waals surface area contributed by atoms with Gasteiger partial charge in [-0.05, 0) is 54.8 Å². The molecule has 2 rings (SSSR count). The van der Waals surface area contributed by atoms with Crippen molar-refractivity contribution in [1.82, 2.24) is 5.43 Å². The van der Waals surface area contributed by atoms with Crippen molar-refractivity contribution in [3.63, 3.8) is 0 Å². The van der Waals surface area contributed by atoms with E-state index < -0.39 is 0 Å². The number of unbranched alkanes of at least 4 members (excludes halogenated alkanes) is 12. The number of nitrogens with zero attached hydrogens (tertiary/aromatic N) is 1. The predicted molar refractivity (Wildman–Crippen MR) is 159 cm³/mol. The second-order valence-electron chi connectivity index (χ2n) is 9.84. The van der Waals surface area contributed by atoms with Crippen molar-refractivity contribution in [2.75, 3.05) is 6.61 Å². The summed E-state index contributed by atoms with van der Waals surface area (Å²) in [7, 11) is 0. The first-order valence-electron chi connectivity index (χ1n) is 14.6. The fourth-order valence-corrected chi connectivity index (χ4v) is 4.40. The van der Waals surface area contributed by atoms with E-state index in [4.69, 9.17) is 21.1 Å². The summed E-state index contributed by atoms with van der Waals surface area (Å²) in [4.78, 5) is 12.1. The van der Waals surface area contributed by atoms with Gasteiger partial charge in [-0.3, -0.25) is 4.79 Å². The van der Waals surface area contributed by atoms with Crippen molar-refractivity contribution < 1.29 is 14.3 Å². The maximum absolute atomic E-state index is 12.1. The number of carbonyl (C=O) groups excluding carboxylic acids is 1. The van der Waals surface area contributed by atoms with Crippen LogP contribution in [0.25, 0.3) is 0 Å². The molecule has 6 heteroatoms. The molecule has 2 aromatic carbocycles. The van der Waals surface area contributed by atoms with Crippen LogP contribution in [0.4, 0.5) is 0 Å². The standard InChI is InChI=1S/C32H47ClN2O3/c1-3-5-6-7-8-9-10-11-12-13-14-15-16-17-32(36)35-34-25-28-20-23-30(31(24-28)37-4-2)38-26-27-18-21-29(33)22-19-27/h18-25H,3-17,26H2,1-2H3,(H,35,36)/b34-25-. The number of hydrazone groups is 1. The van der Waals surface area contributed by atoms with E-state index in [0.717, 1.165) is 24.0 Å². The summed E-state index contributed by atoms with van der Waals surface area (Å²) in [5, 5.41) is 4.82. The Morgan fingerprint density at radius 2 is 1.39 bits per heavy atom. The van der Waals surface area contributed by atoms with E-state index in [1.807, 2.05) is 49.4 Å². The summed E-state index contributed by atoms with van der Waals surface area (Å²) in [6, 6.07) is 13.2. The number of hydrogen-bond donors (Lipinski definition) is 1. The maximum atomic E-state index is 12.1. The largest absolute Gasteiger partial charge is 0.490 e. The maximum Gasteiger partial charge on any atom is 0.240 e. The summed E-state index contributed by atoms with van der Waals surface area (Å²) in [5.74, 6) is 1.26. The molecule has 38 heavy (non-hydrogen) atoms. The molecule has 1 N–H and O–H groups in total. The Morgan fingerprint density at radius 1 is 0.789 bits per heavy atom. The fourth-order valence-electron chi connectivity index (χ4n) is 4.27. The van der Waals surface area contributed by atoms with Gasteiger partial charge < -0.3 is 9.47 Å². The Balaban J connectivity index is 1.59. The third-order valence-electron chi connectivity index (χ3n) is 6.49. The van der Waals surface area contributed by atoms with Crippen LogP contribution in [0.15, 0.2) is 47.6 Å². The number of carbonyl (C=O) groups is 1. The average molecular weight is 543 g/mol. The van der Waals surface area contributed by atoms with E-state index in [1.165, 1.54) is 70.6 Å². The number of ether oxygens (including phenoxy) is 2. The van der Waals surface area contributed by atoms with Gasteiger partial charge in [0.05, 0.1) is 12.8 Å². The predicted octanol–water partition coefficient (Wildman–Crippen LogP) is 9.25. The van der Waals surface area contributed by atoms with Crippen molar-refractivity contribution in [3.05, 3.63) is 58.6 Å². The molecule has 0 heterocycles. The molecule has 0 atom stereocenters. The molecule has 0 spiro atoms. The zero-order valence-corrected chi connectivity index (χ0v) is 24.2. The fraction of sp³-hybridized carbons (Fsp3) is 0.562. The molecule has 0 saturated carbocycles. The molecular formula is C32H47ClN2O3. The molecule has 0 aliphatic heterocycles. The summed E-state index contributed by atoms with van der Waals surface area (Å²) in [6.07, 6.45) is 19.0. The highest BCUT2D eigenvalue weighted by Gasteiger charge is 2.07. The van der Waals surface area contributed by atoms with Crippen LogP contribution >= 0.6 is 11.6 Å². The number of halogens is 1. The Hall–Kier alpha value is -2.53. The van der Waals surface area contributed by atoms with Crippen molar-refractivity contribution in [3.8, 4) is 11.5 Å². The summed E-state index contributed by atoms with van der Waals surface area (Å²) >= 11 is 5.95. The molecule has 0 bridgehead atoms. The SMILES string of the molecule is CCCCCCCCCCCCCCCC(=O)N/N=C\c1ccc(OCc2ccc(Cl)cc2)c(OCC)c1. The second-order valence-corrected chi connectivity index (χ2v) is 10.3. The van der Waals surface area contributed by atoms with Crippen LogP contribution in [-0.2, 0) is 11.4 Å². The zero-order chi connectivity index (χ0) is 27.3. The molecule has 2 aromatic rings. The van der Waals surface area contributed by atoms with Gasteiger partial charge >= 0.3 is 0 Å². The quantitative estimate of drug-likeness (QED) is 0.0970. The topological polar surface area (TPSA) is 59.9 Å². The zero-order valence-electron chi connectivity index (χ0n) is 23.5. The Labute approximate surface area is 235 Å². The van der Waals surface area contributed by atoms with Crippen LogP contribution in [0.3, 0.4) is 0 Å². The van der Waals surface area contributed by atoms with E-state index in [9.17, 15) is 4.79 Å². The minimum Gasteiger partial charge on any atom is -0.490 e. The average Bonchev–Trinajstić information content (AvgIpc) is 2.92. The summed E-state index contributed by atoms with van der Waals surface area (Å²) in [6.45, 7) is 5.14. The van der Waals surface area contributed by atoms with Gasteiger partial charge in [0.2, 0.25) is 5.91 Å². The monoisotopic (exact) mass is 542 g/mol. The van der Waals surface area contributed by atoms with E-state index in [2.05, 4.69) is 17.5 Å².